The van der Waals surface area contributed by atoms with Crippen molar-refractivity contribution < 1.29 is 29.2 Å². The van der Waals surface area contributed by atoms with Crippen LogP contribution in [-0.4, -0.2) is 62.5 Å². The SMILES string of the molecule is CC(C)(C)OC(=O)N1CCC[C@H]1C(=O)CN(C(=O)O)C(C)(C)c1ccc([N+](=O)[O-])cc1. The number of carbonyl (C=O) groups is 3. The van der Waals surface area contributed by atoms with Crippen LogP contribution in [0.4, 0.5) is 15.3 Å². The van der Waals surface area contributed by atoms with E-state index in [0.717, 1.165) is 4.90 Å². The van der Waals surface area contributed by atoms with Gasteiger partial charge in [-0.1, -0.05) is 0 Å². The highest BCUT2D eigenvalue weighted by Gasteiger charge is 2.40. The van der Waals surface area contributed by atoms with Crippen molar-refractivity contribution in [2.45, 2.75) is 64.6 Å². The Morgan fingerprint density at radius 3 is 2.26 bits per heavy atom. The van der Waals surface area contributed by atoms with Crippen molar-refractivity contribution in [2.75, 3.05) is 13.1 Å². The van der Waals surface area contributed by atoms with E-state index in [1.54, 1.807) is 34.6 Å². The summed E-state index contributed by atoms with van der Waals surface area (Å²) in [6.07, 6.45) is -0.851. The van der Waals surface area contributed by atoms with E-state index in [2.05, 4.69) is 0 Å². The van der Waals surface area contributed by atoms with Crippen LogP contribution in [0.2, 0.25) is 0 Å². The van der Waals surface area contributed by atoms with Gasteiger partial charge >= 0.3 is 12.2 Å². The Labute approximate surface area is 180 Å². The first-order chi connectivity index (χ1) is 14.2. The molecular weight excluding hydrogens is 406 g/mol. The molecule has 1 fully saturated rings. The normalized spacial score (nSPS) is 16.7. The number of hydrogen-bond donors (Lipinski definition) is 1. The van der Waals surface area contributed by atoms with Crippen LogP contribution >= 0.6 is 0 Å². The summed E-state index contributed by atoms with van der Waals surface area (Å²) in [6.45, 7) is 8.38. The van der Waals surface area contributed by atoms with Crippen molar-refractivity contribution in [3.8, 4) is 0 Å². The van der Waals surface area contributed by atoms with E-state index in [4.69, 9.17) is 4.74 Å². The predicted molar refractivity (Wildman–Crippen MR) is 112 cm³/mol. The number of carbonyl (C=O) groups excluding carboxylic acids is 2. The molecule has 1 aliphatic heterocycles. The van der Waals surface area contributed by atoms with Crippen LogP contribution in [0.5, 0.6) is 0 Å². The smallest absolute Gasteiger partial charge is 0.410 e. The average Bonchev–Trinajstić information content (AvgIpc) is 3.14. The van der Waals surface area contributed by atoms with E-state index in [-0.39, 0.29) is 5.69 Å². The first kappa shape index (κ1) is 24.1. The summed E-state index contributed by atoms with van der Waals surface area (Å²) in [6, 6.07) is 4.77. The molecule has 2 amide bonds. The Kier molecular flexibility index (Phi) is 6.93. The van der Waals surface area contributed by atoms with E-state index in [1.807, 2.05) is 0 Å². The topological polar surface area (TPSA) is 130 Å². The Morgan fingerprint density at radius 2 is 1.77 bits per heavy atom. The monoisotopic (exact) mass is 435 g/mol. The maximum atomic E-state index is 13.0. The molecule has 2 rings (SSSR count). The zero-order valence-electron chi connectivity index (χ0n) is 18.5. The number of carboxylic acid groups (broad SMARTS) is 1. The van der Waals surface area contributed by atoms with Crippen molar-refractivity contribution in [1.82, 2.24) is 9.80 Å². The number of hydrogen-bond acceptors (Lipinski definition) is 6. The molecule has 0 aliphatic carbocycles. The van der Waals surface area contributed by atoms with Crippen molar-refractivity contribution in [1.29, 1.82) is 0 Å². The maximum absolute atomic E-state index is 13.0. The number of ketones is 1. The molecule has 10 heteroatoms. The van der Waals surface area contributed by atoms with Gasteiger partial charge in [-0.05, 0) is 65.2 Å². The second kappa shape index (κ2) is 8.91. The largest absolute Gasteiger partial charge is 0.465 e. The fourth-order valence-corrected chi connectivity index (χ4v) is 3.55. The Balaban J connectivity index is 2.21. The number of amides is 2. The van der Waals surface area contributed by atoms with Crippen LogP contribution in [0.1, 0.15) is 53.0 Å². The van der Waals surface area contributed by atoms with Gasteiger partial charge in [-0.2, -0.15) is 0 Å². The molecule has 31 heavy (non-hydrogen) atoms. The molecular formula is C21H29N3O7. The molecule has 1 heterocycles. The first-order valence-corrected chi connectivity index (χ1v) is 10.0. The van der Waals surface area contributed by atoms with Gasteiger partial charge in [0, 0.05) is 18.7 Å². The fraction of sp³-hybridized carbons (Fsp3) is 0.571. The van der Waals surface area contributed by atoms with Gasteiger partial charge in [0.2, 0.25) is 0 Å². The van der Waals surface area contributed by atoms with E-state index in [9.17, 15) is 29.6 Å². The minimum Gasteiger partial charge on any atom is -0.465 e. The third kappa shape index (κ3) is 5.71. The van der Waals surface area contributed by atoms with Gasteiger partial charge < -0.3 is 9.84 Å². The molecule has 170 valence electrons. The zero-order valence-corrected chi connectivity index (χ0v) is 18.5. The second-order valence-electron chi connectivity index (χ2n) is 9.03. The van der Waals surface area contributed by atoms with Gasteiger partial charge in [-0.25, -0.2) is 9.59 Å². The summed E-state index contributed by atoms with van der Waals surface area (Å²) >= 11 is 0. The fourth-order valence-electron chi connectivity index (χ4n) is 3.55. The lowest BCUT2D eigenvalue weighted by Gasteiger charge is -2.37. The molecule has 0 aromatic heterocycles. The quantitative estimate of drug-likeness (QED) is 0.531. The third-order valence-corrected chi connectivity index (χ3v) is 5.26. The zero-order chi connectivity index (χ0) is 23.6. The molecule has 0 unspecified atom stereocenters. The van der Waals surface area contributed by atoms with E-state index in [0.29, 0.717) is 24.9 Å². The van der Waals surface area contributed by atoms with Crippen LogP contribution < -0.4 is 0 Å². The lowest BCUT2D eigenvalue weighted by atomic mass is 9.91. The van der Waals surface area contributed by atoms with Crippen molar-refractivity contribution in [2.24, 2.45) is 0 Å². The Morgan fingerprint density at radius 1 is 1.19 bits per heavy atom. The number of non-ortho nitro benzene ring substituents is 1. The van der Waals surface area contributed by atoms with Gasteiger partial charge in [0.25, 0.3) is 5.69 Å². The minimum absolute atomic E-state index is 0.114. The number of nitrogens with zero attached hydrogens (tertiary/aromatic N) is 3. The van der Waals surface area contributed by atoms with Crippen LogP contribution in [0.15, 0.2) is 24.3 Å². The highest BCUT2D eigenvalue weighted by Crippen LogP contribution is 2.30. The summed E-state index contributed by atoms with van der Waals surface area (Å²) < 4.78 is 5.37. The molecule has 1 N–H and O–H groups in total. The number of likely N-dealkylation sites (tertiary alicyclic amines) is 1. The van der Waals surface area contributed by atoms with Crippen molar-refractivity contribution in [3.63, 3.8) is 0 Å². The molecule has 1 atom stereocenters. The number of ether oxygens (including phenoxy) is 1. The highest BCUT2D eigenvalue weighted by molar-refractivity contribution is 5.91. The van der Waals surface area contributed by atoms with Crippen LogP contribution in [0, 0.1) is 10.1 Å². The lowest BCUT2D eigenvalue weighted by Crippen LogP contribution is -2.52. The molecule has 0 bridgehead atoms. The number of nitro groups is 1. The Hall–Kier alpha value is -3.17. The maximum Gasteiger partial charge on any atom is 0.410 e. The van der Waals surface area contributed by atoms with Crippen LogP contribution in [0.25, 0.3) is 0 Å². The standard InChI is InChI=1S/C21H29N3O7/c1-20(2,3)31-19(28)22-12-6-7-16(22)17(25)13-23(18(26)27)21(4,5)14-8-10-15(11-9-14)24(29)30/h8-11,16H,6-7,12-13H2,1-5H3,(H,26,27)/t16-/m0/s1. The molecule has 0 radical (unpaired) electrons. The predicted octanol–water partition coefficient (Wildman–Crippen LogP) is 3.78. The Bertz CT molecular complexity index is 859. The summed E-state index contributed by atoms with van der Waals surface area (Å²) in [5.74, 6) is -0.402. The highest BCUT2D eigenvalue weighted by atomic mass is 16.6. The molecule has 1 aromatic rings. The minimum atomic E-state index is -1.31. The molecule has 0 spiro atoms. The van der Waals surface area contributed by atoms with E-state index in [1.165, 1.54) is 29.2 Å². The number of rotatable bonds is 6. The molecule has 1 aliphatic rings. The van der Waals surface area contributed by atoms with E-state index < -0.39 is 46.6 Å². The molecule has 1 aromatic carbocycles. The van der Waals surface area contributed by atoms with Gasteiger partial charge in [0.15, 0.2) is 5.78 Å². The number of benzene rings is 1. The summed E-state index contributed by atoms with van der Waals surface area (Å²) in [4.78, 5) is 50.2. The van der Waals surface area contributed by atoms with Crippen molar-refractivity contribution >= 4 is 23.7 Å². The molecule has 0 saturated carbocycles. The van der Waals surface area contributed by atoms with E-state index >= 15 is 0 Å². The average molecular weight is 435 g/mol. The molecule has 1 saturated heterocycles. The van der Waals surface area contributed by atoms with Gasteiger partial charge in [0.1, 0.15) is 5.60 Å². The molecule has 10 nitrogen and oxygen atoms in total. The van der Waals surface area contributed by atoms with Gasteiger partial charge in [0.05, 0.1) is 23.0 Å². The van der Waals surface area contributed by atoms with Crippen LogP contribution in [-0.2, 0) is 15.1 Å². The first-order valence-electron chi connectivity index (χ1n) is 10.0. The lowest BCUT2D eigenvalue weighted by molar-refractivity contribution is -0.384. The van der Waals surface area contributed by atoms with Gasteiger partial charge in [-0.15, -0.1) is 0 Å². The third-order valence-electron chi connectivity index (χ3n) is 5.26. The number of Topliss-reactive ketones (excluding diaryl/α,β-unsaturated/α-hetero) is 1. The van der Waals surface area contributed by atoms with Crippen molar-refractivity contribution in [3.05, 3.63) is 39.9 Å². The summed E-state index contributed by atoms with van der Waals surface area (Å²) in [5, 5.41) is 20.7. The number of nitro benzene ring substituents is 1. The van der Waals surface area contributed by atoms with Gasteiger partial charge in [-0.3, -0.25) is 24.7 Å². The summed E-state index contributed by atoms with van der Waals surface area (Å²) in [5.41, 5.74) is -1.45. The summed E-state index contributed by atoms with van der Waals surface area (Å²) in [7, 11) is 0. The second-order valence-corrected chi connectivity index (χ2v) is 9.03. The van der Waals surface area contributed by atoms with Crippen LogP contribution in [0.3, 0.4) is 0 Å².